The second kappa shape index (κ2) is 6.55. The van der Waals surface area contributed by atoms with Crippen molar-refractivity contribution in [2.45, 2.75) is 6.42 Å². The van der Waals surface area contributed by atoms with Gasteiger partial charge in [-0.3, -0.25) is 4.99 Å². The molecule has 0 aliphatic rings. The molecule has 0 spiro atoms. The largest absolute Gasteiger partial charge is 0.376 e. The van der Waals surface area contributed by atoms with Crippen molar-refractivity contribution >= 4 is 6.34 Å². The summed E-state index contributed by atoms with van der Waals surface area (Å²) in [5.41, 5.74) is 0. The fourth-order valence-corrected chi connectivity index (χ4v) is 0.653. The van der Waals surface area contributed by atoms with Gasteiger partial charge in [0.05, 0.1) is 6.34 Å². The van der Waals surface area contributed by atoms with Crippen LogP contribution < -0.4 is 5.32 Å². The number of nitrogens with zero attached hydrogens (tertiary/aromatic N) is 2. The number of rotatable bonds is 5. The van der Waals surface area contributed by atoms with E-state index in [1.54, 1.807) is 13.4 Å². The van der Waals surface area contributed by atoms with Crippen LogP contribution in [0.4, 0.5) is 0 Å². The quantitative estimate of drug-likeness (QED) is 0.338. The molecule has 0 aromatic heterocycles. The van der Waals surface area contributed by atoms with Crippen molar-refractivity contribution < 1.29 is 0 Å². The molecule has 1 N–H and O–H groups in total. The fourth-order valence-electron chi connectivity index (χ4n) is 0.653. The summed E-state index contributed by atoms with van der Waals surface area (Å²) in [5.74, 6) is 0. The van der Waals surface area contributed by atoms with E-state index in [0.717, 1.165) is 13.1 Å². The molecule has 60 valence electrons. The van der Waals surface area contributed by atoms with E-state index in [1.807, 2.05) is 0 Å². The predicted octanol–water partition coefficient (Wildman–Crippen LogP) is 0.186. The zero-order valence-corrected chi connectivity index (χ0v) is 7.09. The number of aliphatic imine (C=N–C) groups is 1. The topological polar surface area (TPSA) is 27.6 Å². The molecule has 0 aliphatic carbocycles. The lowest BCUT2D eigenvalue weighted by Gasteiger charge is -2.07. The molecule has 0 unspecified atom stereocenters. The monoisotopic (exact) mass is 143 g/mol. The zero-order valence-electron chi connectivity index (χ0n) is 7.09. The van der Waals surface area contributed by atoms with Gasteiger partial charge < -0.3 is 10.2 Å². The van der Waals surface area contributed by atoms with Crippen LogP contribution in [0.25, 0.3) is 0 Å². The molecule has 0 atom stereocenters. The number of nitrogens with one attached hydrogen (secondary N) is 1. The first-order valence-corrected chi connectivity index (χ1v) is 3.56. The Morgan fingerprint density at radius 3 is 2.70 bits per heavy atom. The van der Waals surface area contributed by atoms with Crippen molar-refractivity contribution in [3.05, 3.63) is 0 Å². The minimum Gasteiger partial charge on any atom is -0.376 e. The summed E-state index contributed by atoms with van der Waals surface area (Å²) in [4.78, 5) is 5.97. The van der Waals surface area contributed by atoms with Crippen LogP contribution in [-0.4, -0.2) is 45.5 Å². The van der Waals surface area contributed by atoms with Crippen molar-refractivity contribution in [3.63, 3.8) is 0 Å². The van der Waals surface area contributed by atoms with E-state index in [0.29, 0.717) is 0 Å². The fraction of sp³-hybridized carbons (Fsp3) is 0.857. The molecule has 3 nitrogen and oxygen atoms in total. The Balaban J connectivity index is 2.91. The highest BCUT2D eigenvalue weighted by Crippen LogP contribution is 1.78. The first-order valence-electron chi connectivity index (χ1n) is 3.56. The van der Waals surface area contributed by atoms with E-state index >= 15 is 0 Å². The Morgan fingerprint density at radius 2 is 2.20 bits per heavy atom. The van der Waals surface area contributed by atoms with Gasteiger partial charge in [-0.25, -0.2) is 0 Å². The van der Waals surface area contributed by atoms with Gasteiger partial charge in [0.1, 0.15) is 0 Å². The Bertz CT molecular complexity index is 88.9. The van der Waals surface area contributed by atoms with Crippen molar-refractivity contribution in [2.75, 3.05) is 34.2 Å². The average Bonchev–Trinajstić information content (AvgIpc) is 1.87. The highest BCUT2D eigenvalue weighted by Gasteiger charge is 1.86. The van der Waals surface area contributed by atoms with E-state index in [1.165, 1.54) is 6.42 Å². The summed E-state index contributed by atoms with van der Waals surface area (Å²) in [7, 11) is 5.92. The standard InChI is InChI=1S/C7H17N3/c1-8-7-9-5-4-6-10(2)3/h7H,4-6H2,1-3H3,(H,8,9). The van der Waals surface area contributed by atoms with Gasteiger partial charge in [-0.1, -0.05) is 0 Å². The molecule has 0 saturated carbocycles. The van der Waals surface area contributed by atoms with Gasteiger partial charge in [-0.05, 0) is 27.1 Å². The molecule has 0 aliphatic heterocycles. The van der Waals surface area contributed by atoms with Crippen LogP contribution in [0.1, 0.15) is 6.42 Å². The third-order valence-corrected chi connectivity index (χ3v) is 1.15. The molecule has 0 bridgehead atoms. The highest BCUT2D eigenvalue weighted by molar-refractivity contribution is 5.53. The second-order valence-corrected chi connectivity index (χ2v) is 2.50. The van der Waals surface area contributed by atoms with E-state index in [2.05, 4.69) is 29.3 Å². The average molecular weight is 143 g/mol. The summed E-state index contributed by atoms with van der Waals surface area (Å²) < 4.78 is 0. The summed E-state index contributed by atoms with van der Waals surface area (Å²) in [6.07, 6.45) is 2.90. The molecular formula is C7H17N3. The zero-order chi connectivity index (χ0) is 7.82. The summed E-state index contributed by atoms with van der Waals surface area (Å²) in [6.45, 7) is 2.14. The Morgan fingerprint density at radius 1 is 1.50 bits per heavy atom. The molecule has 0 rings (SSSR count). The van der Waals surface area contributed by atoms with Crippen LogP contribution in [-0.2, 0) is 0 Å². The molecule has 0 amide bonds. The molecule has 0 aromatic rings. The maximum atomic E-state index is 3.80. The molecule has 10 heavy (non-hydrogen) atoms. The summed E-state index contributed by atoms with van der Waals surface area (Å²) in [5, 5.41) is 3.07. The normalized spacial score (nSPS) is 11.2. The minimum atomic E-state index is 1.01. The Kier molecular flexibility index (Phi) is 6.18. The van der Waals surface area contributed by atoms with Crippen LogP contribution in [0.5, 0.6) is 0 Å². The summed E-state index contributed by atoms with van der Waals surface area (Å²) in [6, 6.07) is 0. The van der Waals surface area contributed by atoms with Crippen LogP contribution >= 0.6 is 0 Å². The molecular weight excluding hydrogens is 126 g/mol. The molecule has 0 aromatic carbocycles. The molecule has 0 heterocycles. The first-order chi connectivity index (χ1) is 4.77. The molecule has 0 fully saturated rings. The lowest BCUT2D eigenvalue weighted by Crippen LogP contribution is -2.20. The van der Waals surface area contributed by atoms with Gasteiger partial charge in [-0.15, -0.1) is 0 Å². The van der Waals surface area contributed by atoms with Crippen LogP contribution in [0.2, 0.25) is 0 Å². The van der Waals surface area contributed by atoms with E-state index < -0.39 is 0 Å². The van der Waals surface area contributed by atoms with Crippen molar-refractivity contribution in [1.82, 2.24) is 10.2 Å². The maximum Gasteiger partial charge on any atom is 0.0820 e. The lowest BCUT2D eigenvalue weighted by atomic mass is 10.4. The number of hydrogen-bond acceptors (Lipinski definition) is 2. The van der Waals surface area contributed by atoms with Gasteiger partial charge in [0.15, 0.2) is 0 Å². The molecule has 0 saturated heterocycles. The second-order valence-electron chi connectivity index (χ2n) is 2.50. The van der Waals surface area contributed by atoms with Crippen LogP contribution in [0.3, 0.4) is 0 Å². The van der Waals surface area contributed by atoms with Crippen LogP contribution in [0, 0.1) is 0 Å². The Hall–Kier alpha value is -0.570. The van der Waals surface area contributed by atoms with Crippen molar-refractivity contribution in [1.29, 1.82) is 0 Å². The predicted molar refractivity (Wildman–Crippen MR) is 45.6 cm³/mol. The van der Waals surface area contributed by atoms with Gasteiger partial charge in [-0.2, -0.15) is 0 Å². The number of hydrogen-bond donors (Lipinski definition) is 1. The van der Waals surface area contributed by atoms with Crippen LogP contribution in [0.15, 0.2) is 4.99 Å². The minimum absolute atomic E-state index is 1.01. The van der Waals surface area contributed by atoms with Crippen molar-refractivity contribution in [2.24, 2.45) is 4.99 Å². The Labute approximate surface area is 63.1 Å². The SMILES string of the molecule is CN=CNCCCN(C)C. The van der Waals surface area contributed by atoms with Gasteiger partial charge >= 0.3 is 0 Å². The third kappa shape index (κ3) is 7.43. The molecule has 3 heteroatoms. The van der Waals surface area contributed by atoms with Gasteiger partial charge in [0.25, 0.3) is 0 Å². The smallest absolute Gasteiger partial charge is 0.0820 e. The van der Waals surface area contributed by atoms with E-state index in [4.69, 9.17) is 0 Å². The van der Waals surface area contributed by atoms with Gasteiger partial charge in [0.2, 0.25) is 0 Å². The highest BCUT2D eigenvalue weighted by atomic mass is 15.1. The van der Waals surface area contributed by atoms with Crippen molar-refractivity contribution in [3.8, 4) is 0 Å². The third-order valence-electron chi connectivity index (χ3n) is 1.15. The van der Waals surface area contributed by atoms with E-state index in [9.17, 15) is 0 Å². The summed E-state index contributed by atoms with van der Waals surface area (Å²) >= 11 is 0. The maximum absolute atomic E-state index is 3.80. The van der Waals surface area contributed by atoms with E-state index in [-0.39, 0.29) is 0 Å². The first kappa shape index (κ1) is 9.43. The van der Waals surface area contributed by atoms with Gasteiger partial charge in [0, 0.05) is 13.6 Å². The molecule has 0 radical (unpaired) electrons. The lowest BCUT2D eigenvalue weighted by molar-refractivity contribution is 0.400.